The predicted octanol–water partition coefficient (Wildman–Crippen LogP) is 5.38. The van der Waals surface area contributed by atoms with Crippen LogP contribution in [0.5, 0.6) is 0 Å². The molecule has 1 rings (SSSR count). The lowest BCUT2D eigenvalue weighted by molar-refractivity contribution is -0.167. The first-order chi connectivity index (χ1) is 38.1. The minimum atomic E-state index is -1.53. The smallest absolute Gasteiger partial charge is 0.329 e. The Bertz CT molecular complexity index is 2250. The molecule has 1 saturated heterocycles. The summed E-state index contributed by atoms with van der Waals surface area (Å²) >= 11 is 0. The fourth-order valence-electron chi connectivity index (χ4n) is 8.63. The number of rotatable bonds is 12. The Labute approximate surface area is 492 Å². The molecule has 0 aromatic carbocycles. The van der Waals surface area contributed by atoms with Crippen molar-refractivity contribution in [3.63, 3.8) is 0 Å². The van der Waals surface area contributed by atoms with Gasteiger partial charge in [-0.15, -0.1) is 0 Å². The summed E-state index contributed by atoms with van der Waals surface area (Å²) in [5.74, 6) is -16.2. The summed E-state index contributed by atoms with van der Waals surface area (Å²) in [6.07, 6.45) is -9.49. The van der Waals surface area contributed by atoms with E-state index in [1.807, 2.05) is 0 Å². The second-order valence-corrected chi connectivity index (χ2v) is 26.2. The molecule has 12 atom stereocenters. The molecule has 1 aliphatic heterocycles. The van der Waals surface area contributed by atoms with Crippen molar-refractivity contribution in [2.45, 2.75) is 251 Å². The van der Waals surface area contributed by atoms with E-state index in [4.69, 9.17) is 28.4 Å². The zero-order valence-electron chi connectivity index (χ0n) is 53.4. The minimum absolute atomic E-state index is 0.00703. The number of Topliss-reactive ketones (excluding diaryl/α,β-unsaturated/α-hetero) is 1. The van der Waals surface area contributed by atoms with Crippen LogP contribution < -0.4 is 26.6 Å². The summed E-state index contributed by atoms with van der Waals surface area (Å²) in [7, 11) is 0. The number of cyclic esters (lactones) is 6. The Balaban J connectivity index is 3.99. The van der Waals surface area contributed by atoms with Crippen LogP contribution >= 0.6 is 0 Å². The Morgan fingerprint density at radius 3 is 1.01 bits per heavy atom. The number of carbonyl (C=O) groups is 12. The summed E-state index contributed by atoms with van der Waals surface area (Å²) < 4.78 is 34.4. The normalized spacial score (nSPS) is 28.1. The molecule has 83 heavy (non-hydrogen) atoms. The highest BCUT2D eigenvalue weighted by Gasteiger charge is 2.41. The summed E-state index contributed by atoms with van der Waals surface area (Å²) in [6, 6.07) is -7.02. The molecule has 0 aromatic rings. The van der Waals surface area contributed by atoms with Crippen molar-refractivity contribution in [1.29, 1.82) is 0 Å². The lowest BCUT2D eigenvalue weighted by Gasteiger charge is -2.30. The van der Waals surface area contributed by atoms with Crippen molar-refractivity contribution < 1.29 is 86.0 Å². The van der Waals surface area contributed by atoms with Crippen LogP contribution in [0.25, 0.3) is 0 Å². The quantitative estimate of drug-likeness (QED) is 0.121. The van der Waals surface area contributed by atoms with Gasteiger partial charge in [-0.3, -0.25) is 33.6 Å². The molecule has 1 fully saturated rings. The molecule has 0 aliphatic carbocycles. The first-order valence-corrected chi connectivity index (χ1v) is 29.4. The molecular formula is C60H101N5O18. The van der Waals surface area contributed by atoms with Gasteiger partial charge in [0.25, 0.3) is 29.5 Å². The van der Waals surface area contributed by atoms with Crippen molar-refractivity contribution in [3.8, 4) is 0 Å². The van der Waals surface area contributed by atoms with Gasteiger partial charge in [0.1, 0.15) is 30.2 Å². The standard InChI is InChI=1S/C60H101N5O18/c1-28(2)23-42-49(67)62-38(19)56(74)83-48(35(15)16)53(71)65-45(32(9)10)59(77)80-44(25-30(5)6)51(69)63-37(18)55(73)82-47(34(13)14)52(70)64-40(27-60(20,21)22)58(76)79-43(24-29(3)4)50(68)61-36(17)54(72)81-46(33(11)12)41(66)26-39(31(7)8)57(75)78-42/h28-40,42-48H,23-27H2,1-22H3,(H,61,68)(H,62,67)(H,63,69)(H,64,70)(H,65,71)/t36-,37-,38-,39+,40+,42-,43-,44-,45+,46+,47+,48+/m1/s1. The van der Waals surface area contributed by atoms with E-state index in [1.54, 1.807) is 132 Å². The maximum atomic E-state index is 14.2. The number of ketones is 1. The van der Waals surface area contributed by atoms with E-state index in [1.165, 1.54) is 20.8 Å². The average molecular weight is 1180 g/mol. The SMILES string of the molecule is CC(C)C[C@H]1OC(=O)[C@H](CC(C)(C)C)NC(=O)[C@H](C(C)C)OC(=O)[C@@H](C)NC(=O)[C@@H](CC(C)C)OC(=O)[C@H](C(C)C)NC(=O)[C@H](C(C)C)OC(=O)[C@@H](C)NC(=O)[C@@H](CC(C)C)OC(=O)[C@H](C(C)C)CC(=O)[C@H](C(C)C)OC(=O)[C@@H](C)NC1=O. The number of esters is 6. The maximum absolute atomic E-state index is 14.2. The summed E-state index contributed by atoms with van der Waals surface area (Å²) in [4.78, 5) is 167. The molecule has 0 bridgehead atoms. The Morgan fingerprint density at radius 2 is 0.699 bits per heavy atom. The Hall–Kier alpha value is -6.16. The fourth-order valence-corrected chi connectivity index (χ4v) is 8.63. The van der Waals surface area contributed by atoms with E-state index in [-0.39, 0.29) is 43.4 Å². The van der Waals surface area contributed by atoms with E-state index >= 15 is 0 Å². The molecule has 5 amide bonds. The third-order valence-corrected chi connectivity index (χ3v) is 13.4. The van der Waals surface area contributed by atoms with Crippen molar-refractivity contribution >= 4 is 71.1 Å². The maximum Gasteiger partial charge on any atom is 0.329 e. The van der Waals surface area contributed by atoms with Crippen molar-refractivity contribution in [3.05, 3.63) is 0 Å². The van der Waals surface area contributed by atoms with Crippen LogP contribution in [0, 0.1) is 58.7 Å². The van der Waals surface area contributed by atoms with Crippen molar-refractivity contribution in [2.24, 2.45) is 58.7 Å². The molecule has 0 spiro atoms. The predicted molar refractivity (Wildman–Crippen MR) is 306 cm³/mol. The molecule has 23 heteroatoms. The first kappa shape index (κ1) is 74.9. The lowest BCUT2D eigenvalue weighted by Crippen LogP contribution is -2.54. The highest BCUT2D eigenvalue weighted by Crippen LogP contribution is 2.26. The number of ether oxygens (including phenoxy) is 6. The number of amides is 5. The van der Waals surface area contributed by atoms with Crippen LogP contribution in [-0.4, -0.2) is 138 Å². The third kappa shape index (κ3) is 25.7. The van der Waals surface area contributed by atoms with E-state index in [0.717, 1.165) is 0 Å². The van der Waals surface area contributed by atoms with Crippen LogP contribution in [0.2, 0.25) is 0 Å². The first-order valence-electron chi connectivity index (χ1n) is 29.4. The van der Waals surface area contributed by atoms with E-state index in [2.05, 4.69) is 26.6 Å². The third-order valence-electron chi connectivity index (χ3n) is 13.4. The van der Waals surface area contributed by atoms with E-state index in [9.17, 15) is 57.5 Å². The number of hydrogen-bond donors (Lipinski definition) is 5. The highest BCUT2D eigenvalue weighted by atomic mass is 16.6. The van der Waals surface area contributed by atoms with Gasteiger partial charge in [-0.2, -0.15) is 0 Å². The number of carbonyl (C=O) groups excluding carboxylic acids is 12. The molecule has 1 heterocycles. The topological polar surface area (TPSA) is 320 Å². The van der Waals surface area contributed by atoms with Gasteiger partial charge in [0.15, 0.2) is 42.4 Å². The average Bonchev–Trinajstić information content (AvgIpc) is 3.34. The molecule has 0 saturated carbocycles. The number of hydrogen-bond acceptors (Lipinski definition) is 18. The van der Waals surface area contributed by atoms with Crippen molar-refractivity contribution in [1.82, 2.24) is 26.6 Å². The van der Waals surface area contributed by atoms with Crippen LogP contribution in [0.3, 0.4) is 0 Å². The minimum Gasteiger partial charge on any atom is -0.453 e. The molecular weight excluding hydrogens is 1080 g/mol. The molecule has 5 N–H and O–H groups in total. The molecule has 1 aliphatic rings. The Kier molecular flexibility index (Phi) is 30.6. The van der Waals surface area contributed by atoms with E-state index in [0.29, 0.717) is 0 Å². The monoisotopic (exact) mass is 1180 g/mol. The lowest BCUT2D eigenvalue weighted by atomic mass is 9.87. The van der Waals surface area contributed by atoms with Gasteiger partial charge in [0, 0.05) is 6.42 Å². The van der Waals surface area contributed by atoms with Gasteiger partial charge in [0.05, 0.1) is 5.92 Å². The summed E-state index contributed by atoms with van der Waals surface area (Å²) in [5, 5.41) is 12.7. The second-order valence-electron chi connectivity index (χ2n) is 26.2. The zero-order chi connectivity index (χ0) is 64.3. The Morgan fingerprint density at radius 1 is 0.373 bits per heavy atom. The van der Waals surface area contributed by atoms with Gasteiger partial charge in [0.2, 0.25) is 0 Å². The summed E-state index contributed by atoms with van der Waals surface area (Å²) in [6.45, 7) is 36.0. The highest BCUT2D eigenvalue weighted by molar-refractivity contribution is 5.95. The molecule has 0 radical (unpaired) electrons. The van der Waals surface area contributed by atoms with Crippen LogP contribution in [0.15, 0.2) is 0 Å². The second kappa shape index (κ2) is 34.0. The van der Waals surface area contributed by atoms with Crippen LogP contribution in [-0.2, 0) is 86.0 Å². The molecule has 0 aromatic heterocycles. The molecule has 0 unspecified atom stereocenters. The largest absolute Gasteiger partial charge is 0.453 e. The van der Waals surface area contributed by atoms with Gasteiger partial charge in [-0.1, -0.05) is 132 Å². The van der Waals surface area contributed by atoms with Crippen LogP contribution in [0.4, 0.5) is 0 Å². The molecule has 474 valence electrons. The van der Waals surface area contributed by atoms with Gasteiger partial charge >= 0.3 is 35.8 Å². The van der Waals surface area contributed by atoms with E-state index < -0.39 is 185 Å². The van der Waals surface area contributed by atoms with Gasteiger partial charge in [-0.05, 0) is 99.2 Å². The number of nitrogens with one attached hydrogen (secondary N) is 5. The van der Waals surface area contributed by atoms with Crippen LogP contribution in [0.1, 0.15) is 184 Å². The van der Waals surface area contributed by atoms with Crippen molar-refractivity contribution in [2.75, 3.05) is 0 Å². The zero-order valence-corrected chi connectivity index (χ0v) is 53.4. The summed E-state index contributed by atoms with van der Waals surface area (Å²) in [5.41, 5.74) is -0.631. The fraction of sp³-hybridized carbons (Fsp3) is 0.800. The van der Waals surface area contributed by atoms with Gasteiger partial charge < -0.3 is 55.0 Å². The molecule has 23 nitrogen and oxygen atoms in total. The van der Waals surface area contributed by atoms with Gasteiger partial charge in [-0.25, -0.2) is 24.0 Å².